The van der Waals surface area contributed by atoms with Crippen molar-refractivity contribution >= 4 is 5.91 Å². The lowest BCUT2D eigenvalue weighted by Gasteiger charge is -2.32. The summed E-state index contributed by atoms with van der Waals surface area (Å²) in [5.74, 6) is 0.442. The molecule has 0 bridgehead atoms. The molecule has 86 valence electrons. The summed E-state index contributed by atoms with van der Waals surface area (Å²) in [6.07, 6.45) is 5.38. The van der Waals surface area contributed by atoms with Crippen molar-refractivity contribution in [1.82, 2.24) is 14.7 Å². The average Bonchev–Trinajstić information content (AvgIpc) is 2.74. The molecule has 4 nitrogen and oxygen atoms in total. The van der Waals surface area contributed by atoms with E-state index in [1.807, 2.05) is 28.9 Å². The number of nitrogens with zero attached hydrogens (tertiary/aromatic N) is 3. The molecule has 4 heteroatoms. The van der Waals surface area contributed by atoms with E-state index in [1.165, 1.54) is 11.8 Å². The van der Waals surface area contributed by atoms with E-state index in [-0.39, 0.29) is 5.91 Å². The molecule has 1 aromatic heterocycles. The van der Waals surface area contributed by atoms with E-state index in [0.29, 0.717) is 5.92 Å². The number of hydrogen-bond donors (Lipinski definition) is 0. The van der Waals surface area contributed by atoms with Gasteiger partial charge in [0.25, 0.3) is 0 Å². The molecule has 2 rings (SSSR count). The van der Waals surface area contributed by atoms with Gasteiger partial charge in [0.05, 0.1) is 0 Å². The van der Waals surface area contributed by atoms with Gasteiger partial charge in [-0.1, -0.05) is 6.58 Å². The van der Waals surface area contributed by atoms with Crippen LogP contribution in [0.15, 0.2) is 24.9 Å². The average molecular weight is 219 g/mol. The van der Waals surface area contributed by atoms with Crippen molar-refractivity contribution < 1.29 is 4.79 Å². The molecule has 1 saturated heterocycles. The number of piperidine rings is 1. The summed E-state index contributed by atoms with van der Waals surface area (Å²) < 4.78 is 1.90. The minimum absolute atomic E-state index is 0.0341. The Morgan fingerprint density at radius 2 is 2.50 bits per heavy atom. The van der Waals surface area contributed by atoms with E-state index in [9.17, 15) is 4.79 Å². The highest BCUT2D eigenvalue weighted by Gasteiger charge is 2.24. The Morgan fingerprint density at radius 3 is 3.12 bits per heavy atom. The van der Waals surface area contributed by atoms with Crippen molar-refractivity contribution in [2.45, 2.75) is 18.8 Å². The van der Waals surface area contributed by atoms with Gasteiger partial charge in [0.2, 0.25) is 5.91 Å². The standard InChI is InChI=1S/C12H17N3O/c1-3-12(16)15-8-4-5-10(9-15)11-6-7-13-14(11)2/h3,6-7,10H,1,4-5,8-9H2,2H3. The number of aryl methyl sites for hydroxylation is 1. The lowest BCUT2D eigenvalue weighted by molar-refractivity contribution is -0.127. The topological polar surface area (TPSA) is 38.1 Å². The zero-order valence-electron chi connectivity index (χ0n) is 9.59. The van der Waals surface area contributed by atoms with Crippen LogP contribution in [0.3, 0.4) is 0 Å². The summed E-state index contributed by atoms with van der Waals surface area (Å²) in [5, 5.41) is 4.17. The molecule has 16 heavy (non-hydrogen) atoms. The number of likely N-dealkylation sites (tertiary alicyclic amines) is 1. The minimum Gasteiger partial charge on any atom is -0.339 e. The molecular weight excluding hydrogens is 202 g/mol. The van der Waals surface area contributed by atoms with E-state index in [4.69, 9.17) is 0 Å². The van der Waals surface area contributed by atoms with Crippen molar-refractivity contribution in [3.05, 3.63) is 30.6 Å². The van der Waals surface area contributed by atoms with Crippen LogP contribution in [-0.4, -0.2) is 33.7 Å². The fourth-order valence-corrected chi connectivity index (χ4v) is 2.33. The predicted molar refractivity (Wildman–Crippen MR) is 62.0 cm³/mol. The SMILES string of the molecule is C=CC(=O)N1CCCC(c2ccnn2C)C1. The highest BCUT2D eigenvalue weighted by atomic mass is 16.2. The van der Waals surface area contributed by atoms with Crippen LogP contribution in [0.5, 0.6) is 0 Å². The monoisotopic (exact) mass is 219 g/mol. The van der Waals surface area contributed by atoms with E-state index in [0.717, 1.165) is 25.9 Å². The third-order valence-electron chi connectivity index (χ3n) is 3.18. The predicted octanol–water partition coefficient (Wildman–Crippen LogP) is 1.31. The first-order valence-corrected chi connectivity index (χ1v) is 5.61. The zero-order chi connectivity index (χ0) is 11.5. The molecular formula is C12H17N3O. The first-order valence-electron chi connectivity index (χ1n) is 5.61. The minimum atomic E-state index is 0.0341. The number of rotatable bonds is 2. The van der Waals surface area contributed by atoms with Crippen LogP contribution in [0, 0.1) is 0 Å². The Kier molecular flexibility index (Phi) is 3.08. The number of hydrogen-bond acceptors (Lipinski definition) is 2. The van der Waals surface area contributed by atoms with Gasteiger partial charge in [0.15, 0.2) is 0 Å². The van der Waals surface area contributed by atoms with Crippen molar-refractivity contribution in [2.75, 3.05) is 13.1 Å². The molecule has 1 aromatic rings. The van der Waals surface area contributed by atoms with Crippen molar-refractivity contribution in [3.63, 3.8) is 0 Å². The van der Waals surface area contributed by atoms with Crippen LogP contribution in [0.25, 0.3) is 0 Å². The summed E-state index contributed by atoms with van der Waals surface area (Å²) >= 11 is 0. The Morgan fingerprint density at radius 1 is 1.69 bits per heavy atom. The van der Waals surface area contributed by atoms with Crippen molar-refractivity contribution in [1.29, 1.82) is 0 Å². The molecule has 1 amide bonds. The van der Waals surface area contributed by atoms with Crippen LogP contribution in [0.2, 0.25) is 0 Å². The highest BCUT2D eigenvalue weighted by molar-refractivity contribution is 5.87. The summed E-state index contributed by atoms with van der Waals surface area (Å²) in [6, 6.07) is 2.03. The van der Waals surface area contributed by atoms with E-state index in [1.54, 1.807) is 0 Å². The zero-order valence-corrected chi connectivity index (χ0v) is 9.59. The maximum Gasteiger partial charge on any atom is 0.245 e. The molecule has 1 fully saturated rings. The van der Waals surface area contributed by atoms with Gasteiger partial charge in [-0.2, -0.15) is 5.10 Å². The van der Waals surface area contributed by atoms with Crippen LogP contribution >= 0.6 is 0 Å². The van der Waals surface area contributed by atoms with Gasteiger partial charge in [-0.3, -0.25) is 9.48 Å². The van der Waals surface area contributed by atoms with Crippen molar-refractivity contribution in [2.24, 2.45) is 7.05 Å². The summed E-state index contributed by atoms with van der Waals surface area (Å²) in [5.41, 5.74) is 1.21. The number of aromatic nitrogens is 2. The van der Waals surface area contributed by atoms with Crippen LogP contribution < -0.4 is 0 Å². The first-order chi connectivity index (χ1) is 7.72. The molecule has 1 unspecified atom stereocenters. The van der Waals surface area contributed by atoms with E-state index >= 15 is 0 Å². The number of amides is 1. The number of carbonyl (C=O) groups excluding carboxylic acids is 1. The molecule has 0 N–H and O–H groups in total. The summed E-state index contributed by atoms with van der Waals surface area (Å²) in [6.45, 7) is 5.16. The highest BCUT2D eigenvalue weighted by Crippen LogP contribution is 2.26. The Labute approximate surface area is 95.5 Å². The fraction of sp³-hybridized carbons (Fsp3) is 0.500. The molecule has 0 saturated carbocycles. The summed E-state index contributed by atoms with van der Waals surface area (Å²) in [7, 11) is 1.95. The second kappa shape index (κ2) is 4.51. The summed E-state index contributed by atoms with van der Waals surface area (Å²) in [4.78, 5) is 13.4. The smallest absolute Gasteiger partial charge is 0.245 e. The van der Waals surface area contributed by atoms with Gasteiger partial charge >= 0.3 is 0 Å². The van der Waals surface area contributed by atoms with E-state index < -0.39 is 0 Å². The quantitative estimate of drug-likeness (QED) is 0.703. The fourth-order valence-electron chi connectivity index (χ4n) is 2.33. The van der Waals surface area contributed by atoms with Crippen LogP contribution in [0.4, 0.5) is 0 Å². The normalized spacial score (nSPS) is 20.8. The van der Waals surface area contributed by atoms with Gasteiger partial charge in [-0.15, -0.1) is 0 Å². The maximum absolute atomic E-state index is 11.6. The van der Waals surface area contributed by atoms with Gasteiger partial charge in [0, 0.05) is 37.9 Å². The van der Waals surface area contributed by atoms with E-state index in [2.05, 4.69) is 11.7 Å². The molecule has 2 heterocycles. The Bertz CT molecular complexity index is 397. The molecule has 0 radical (unpaired) electrons. The molecule has 1 aliphatic rings. The first kappa shape index (κ1) is 10.9. The Hall–Kier alpha value is -1.58. The third kappa shape index (κ3) is 2.01. The third-order valence-corrected chi connectivity index (χ3v) is 3.18. The van der Waals surface area contributed by atoms with Crippen LogP contribution in [0.1, 0.15) is 24.5 Å². The van der Waals surface area contributed by atoms with Crippen LogP contribution in [-0.2, 0) is 11.8 Å². The van der Waals surface area contributed by atoms with Gasteiger partial charge in [-0.25, -0.2) is 0 Å². The second-order valence-corrected chi connectivity index (χ2v) is 4.21. The molecule has 0 aliphatic carbocycles. The lowest BCUT2D eigenvalue weighted by Crippen LogP contribution is -2.38. The van der Waals surface area contributed by atoms with Gasteiger partial charge in [-0.05, 0) is 25.0 Å². The molecule has 0 aromatic carbocycles. The maximum atomic E-state index is 11.6. The molecule has 0 spiro atoms. The molecule has 1 atom stereocenters. The second-order valence-electron chi connectivity index (χ2n) is 4.21. The Balaban J connectivity index is 2.10. The molecule has 1 aliphatic heterocycles. The lowest BCUT2D eigenvalue weighted by atomic mass is 9.94. The van der Waals surface area contributed by atoms with Gasteiger partial charge < -0.3 is 4.90 Å². The number of carbonyl (C=O) groups is 1. The van der Waals surface area contributed by atoms with Crippen molar-refractivity contribution in [3.8, 4) is 0 Å². The van der Waals surface area contributed by atoms with Gasteiger partial charge in [0.1, 0.15) is 0 Å². The largest absolute Gasteiger partial charge is 0.339 e.